The minimum Gasteiger partial charge on any atom is -0.497 e. The molecule has 26 heavy (non-hydrogen) atoms. The van der Waals surface area contributed by atoms with Gasteiger partial charge in [0.05, 0.1) is 19.2 Å². The zero-order chi connectivity index (χ0) is 18.1. The van der Waals surface area contributed by atoms with Crippen molar-refractivity contribution in [1.82, 2.24) is 14.8 Å². The number of nitrogens with one attached hydrogen (secondary N) is 1. The quantitative estimate of drug-likeness (QED) is 0.835. The number of nitrogens with zero attached hydrogens (tertiary/aromatic N) is 2. The molecule has 0 radical (unpaired) electrons. The Morgan fingerprint density at radius 3 is 2.77 bits per heavy atom. The topological polar surface area (TPSA) is 46.5 Å². The van der Waals surface area contributed by atoms with Crippen LogP contribution < -0.4 is 15.6 Å². The normalized spacial score (nSPS) is 24.5. The lowest BCUT2D eigenvalue weighted by atomic mass is 9.84. The van der Waals surface area contributed by atoms with Gasteiger partial charge in [-0.05, 0) is 55.4 Å². The summed E-state index contributed by atoms with van der Waals surface area (Å²) in [5.41, 5.74) is 1.57. The largest absolute Gasteiger partial charge is 0.497 e. The van der Waals surface area contributed by atoms with Crippen LogP contribution in [0.15, 0.2) is 29.1 Å². The summed E-state index contributed by atoms with van der Waals surface area (Å²) >= 11 is 0. The van der Waals surface area contributed by atoms with Crippen LogP contribution in [0.2, 0.25) is 0 Å². The first-order valence-corrected chi connectivity index (χ1v) is 9.29. The van der Waals surface area contributed by atoms with E-state index in [-0.39, 0.29) is 12.1 Å². The second-order valence-electron chi connectivity index (χ2n) is 7.32. The SMILES string of the molecule is C#CCn1c(=O)c(CNC2CN3CCC2CC3)cc2ccc(OC)cc21. The van der Waals surface area contributed by atoms with E-state index in [1.165, 1.54) is 25.9 Å². The molecule has 4 heterocycles. The maximum Gasteiger partial charge on any atom is 0.256 e. The minimum atomic E-state index is -0.0162. The summed E-state index contributed by atoms with van der Waals surface area (Å²) in [6.45, 7) is 4.37. The van der Waals surface area contributed by atoms with E-state index in [2.05, 4.69) is 16.1 Å². The van der Waals surface area contributed by atoms with Crippen molar-refractivity contribution in [3.8, 4) is 18.1 Å². The average Bonchev–Trinajstić information content (AvgIpc) is 2.69. The number of piperidine rings is 3. The molecule has 1 aromatic carbocycles. The molecular formula is C21H25N3O2. The van der Waals surface area contributed by atoms with Crippen LogP contribution in [0.4, 0.5) is 0 Å². The summed E-state index contributed by atoms with van der Waals surface area (Å²) in [7, 11) is 1.62. The van der Waals surface area contributed by atoms with Gasteiger partial charge in [0.2, 0.25) is 0 Å². The molecule has 136 valence electrons. The van der Waals surface area contributed by atoms with Crippen LogP contribution in [0.3, 0.4) is 0 Å². The van der Waals surface area contributed by atoms with Gasteiger partial charge >= 0.3 is 0 Å². The number of hydrogen-bond donors (Lipinski definition) is 1. The molecule has 1 aromatic heterocycles. The molecule has 2 bridgehead atoms. The molecule has 5 heteroatoms. The second kappa shape index (κ2) is 7.14. The summed E-state index contributed by atoms with van der Waals surface area (Å²) in [6, 6.07) is 8.23. The van der Waals surface area contributed by atoms with Crippen LogP contribution in [0.25, 0.3) is 10.9 Å². The first-order chi connectivity index (χ1) is 12.7. The van der Waals surface area contributed by atoms with Gasteiger partial charge in [-0.25, -0.2) is 0 Å². The van der Waals surface area contributed by atoms with Crippen molar-refractivity contribution >= 4 is 10.9 Å². The Hall–Kier alpha value is -2.29. The molecule has 5 nitrogen and oxygen atoms in total. The van der Waals surface area contributed by atoms with E-state index in [0.717, 1.165) is 34.7 Å². The lowest BCUT2D eigenvalue weighted by Crippen LogP contribution is -2.56. The molecule has 3 fully saturated rings. The highest BCUT2D eigenvalue weighted by Crippen LogP contribution is 2.27. The first kappa shape index (κ1) is 17.1. The van der Waals surface area contributed by atoms with Crippen molar-refractivity contribution in [2.24, 2.45) is 5.92 Å². The maximum absolute atomic E-state index is 13.0. The van der Waals surface area contributed by atoms with Crippen molar-refractivity contribution in [3.05, 3.63) is 40.2 Å². The number of hydrogen-bond acceptors (Lipinski definition) is 4. The standard InChI is InChI=1S/C21H25N3O2/c1-3-8-24-20-12-18(26-2)5-4-16(20)11-17(21(24)25)13-22-19-14-23-9-6-15(19)7-10-23/h1,4-5,11-12,15,19,22H,6-10,13-14H2,2H3. The van der Waals surface area contributed by atoms with Crippen LogP contribution in [-0.4, -0.2) is 42.3 Å². The Kier molecular flexibility index (Phi) is 4.71. The van der Waals surface area contributed by atoms with Gasteiger partial charge < -0.3 is 15.0 Å². The van der Waals surface area contributed by atoms with Gasteiger partial charge in [0.15, 0.2) is 0 Å². The predicted molar refractivity (Wildman–Crippen MR) is 103 cm³/mol. The Balaban J connectivity index is 1.63. The number of benzene rings is 1. The Morgan fingerprint density at radius 2 is 2.12 bits per heavy atom. The number of terminal acetylenes is 1. The molecular weight excluding hydrogens is 326 g/mol. The van der Waals surface area contributed by atoms with E-state index < -0.39 is 0 Å². The maximum atomic E-state index is 13.0. The summed E-state index contributed by atoms with van der Waals surface area (Å²) in [4.78, 5) is 15.5. The number of aromatic nitrogens is 1. The Bertz CT molecular complexity index is 904. The fraction of sp³-hybridized carbons (Fsp3) is 0.476. The van der Waals surface area contributed by atoms with Gasteiger partial charge in [-0.1, -0.05) is 5.92 Å². The molecule has 1 atom stereocenters. The fourth-order valence-electron chi connectivity index (χ4n) is 4.35. The molecule has 3 aliphatic heterocycles. The Morgan fingerprint density at radius 1 is 1.31 bits per heavy atom. The third kappa shape index (κ3) is 3.11. The van der Waals surface area contributed by atoms with Gasteiger partial charge in [0.25, 0.3) is 5.56 Å². The number of ether oxygens (including phenoxy) is 1. The third-order valence-corrected chi connectivity index (χ3v) is 5.84. The van der Waals surface area contributed by atoms with Gasteiger partial charge in [-0.15, -0.1) is 6.42 Å². The van der Waals surface area contributed by atoms with Crippen molar-refractivity contribution in [2.45, 2.75) is 32.0 Å². The van der Waals surface area contributed by atoms with E-state index in [1.807, 2.05) is 24.3 Å². The summed E-state index contributed by atoms with van der Waals surface area (Å²) in [5, 5.41) is 4.64. The van der Waals surface area contributed by atoms with E-state index in [1.54, 1.807) is 11.7 Å². The zero-order valence-corrected chi connectivity index (χ0v) is 15.2. The molecule has 1 N–H and O–H groups in total. The van der Waals surface area contributed by atoms with E-state index in [0.29, 0.717) is 12.6 Å². The van der Waals surface area contributed by atoms with Crippen LogP contribution in [-0.2, 0) is 13.1 Å². The van der Waals surface area contributed by atoms with Crippen molar-refractivity contribution < 1.29 is 4.74 Å². The molecule has 3 saturated heterocycles. The van der Waals surface area contributed by atoms with Crippen LogP contribution in [0, 0.1) is 18.3 Å². The first-order valence-electron chi connectivity index (χ1n) is 9.29. The van der Waals surface area contributed by atoms with Crippen molar-refractivity contribution in [1.29, 1.82) is 0 Å². The van der Waals surface area contributed by atoms with Crippen LogP contribution >= 0.6 is 0 Å². The molecule has 5 rings (SSSR count). The van der Waals surface area contributed by atoms with Crippen LogP contribution in [0.1, 0.15) is 18.4 Å². The van der Waals surface area contributed by atoms with Crippen LogP contribution in [0.5, 0.6) is 5.75 Å². The van der Waals surface area contributed by atoms with Crippen molar-refractivity contribution in [3.63, 3.8) is 0 Å². The summed E-state index contributed by atoms with van der Waals surface area (Å²) in [5.74, 6) is 4.06. The molecule has 0 amide bonds. The predicted octanol–water partition coefficient (Wildman–Crippen LogP) is 1.83. The van der Waals surface area contributed by atoms with E-state index in [9.17, 15) is 4.79 Å². The Labute approximate surface area is 153 Å². The molecule has 3 aliphatic rings. The van der Waals surface area contributed by atoms with E-state index >= 15 is 0 Å². The highest BCUT2D eigenvalue weighted by atomic mass is 16.5. The minimum absolute atomic E-state index is 0.0162. The van der Waals surface area contributed by atoms with Gasteiger partial charge in [0, 0.05) is 30.8 Å². The summed E-state index contributed by atoms with van der Waals surface area (Å²) < 4.78 is 6.97. The number of pyridine rings is 1. The number of fused-ring (bicyclic) bond motifs is 4. The molecule has 0 aliphatic carbocycles. The van der Waals surface area contributed by atoms with Gasteiger partial charge in [-0.2, -0.15) is 0 Å². The smallest absolute Gasteiger partial charge is 0.256 e. The molecule has 1 unspecified atom stereocenters. The molecule has 0 saturated carbocycles. The molecule has 0 spiro atoms. The average molecular weight is 351 g/mol. The number of rotatable bonds is 5. The summed E-state index contributed by atoms with van der Waals surface area (Å²) in [6.07, 6.45) is 8.03. The lowest BCUT2D eigenvalue weighted by molar-refractivity contribution is 0.0719. The number of methoxy groups -OCH3 is 1. The zero-order valence-electron chi connectivity index (χ0n) is 15.2. The van der Waals surface area contributed by atoms with Crippen molar-refractivity contribution in [2.75, 3.05) is 26.7 Å². The second-order valence-corrected chi connectivity index (χ2v) is 7.32. The lowest BCUT2D eigenvalue weighted by Gasteiger charge is -2.45. The monoisotopic (exact) mass is 351 g/mol. The fourth-order valence-corrected chi connectivity index (χ4v) is 4.35. The van der Waals surface area contributed by atoms with Gasteiger partial charge in [-0.3, -0.25) is 9.36 Å². The van der Waals surface area contributed by atoms with E-state index in [4.69, 9.17) is 11.2 Å². The third-order valence-electron chi connectivity index (χ3n) is 5.84. The highest BCUT2D eigenvalue weighted by molar-refractivity contribution is 5.81. The molecule has 2 aromatic rings. The van der Waals surface area contributed by atoms with Gasteiger partial charge in [0.1, 0.15) is 5.75 Å². The highest BCUT2D eigenvalue weighted by Gasteiger charge is 2.33.